The van der Waals surface area contributed by atoms with Gasteiger partial charge in [-0.05, 0) is 46.9 Å². The van der Waals surface area contributed by atoms with Crippen molar-refractivity contribution in [3.05, 3.63) is 33.4 Å². The van der Waals surface area contributed by atoms with Crippen molar-refractivity contribution in [1.82, 2.24) is 4.90 Å². The van der Waals surface area contributed by atoms with Crippen molar-refractivity contribution in [2.45, 2.75) is 6.10 Å². The van der Waals surface area contributed by atoms with E-state index in [4.69, 9.17) is 10.5 Å². The molecule has 1 aliphatic rings. The molecule has 0 spiro atoms. The van der Waals surface area contributed by atoms with Gasteiger partial charge in [0.25, 0.3) is 5.91 Å². The van der Waals surface area contributed by atoms with Gasteiger partial charge in [0, 0.05) is 28.8 Å². The van der Waals surface area contributed by atoms with Crippen LogP contribution in [0.15, 0.2) is 24.3 Å². The molecule has 1 heterocycles. The molecule has 4 nitrogen and oxygen atoms in total. The first-order valence-corrected chi connectivity index (χ1v) is 6.65. The number of benzene rings is 1. The summed E-state index contributed by atoms with van der Waals surface area (Å²) < 4.78 is 6.57. The maximum absolute atomic E-state index is 12.2. The molecule has 0 aliphatic carbocycles. The van der Waals surface area contributed by atoms with E-state index in [1.807, 2.05) is 29.2 Å². The molecule has 1 amide bonds. The summed E-state index contributed by atoms with van der Waals surface area (Å²) in [6.07, 6.45) is -0.0310. The van der Waals surface area contributed by atoms with Crippen LogP contribution in [-0.2, 0) is 4.74 Å². The number of carbonyl (C=O) groups excluding carboxylic acids is 1. The van der Waals surface area contributed by atoms with E-state index in [1.54, 1.807) is 0 Å². The van der Waals surface area contributed by atoms with E-state index in [0.717, 1.165) is 9.13 Å². The SMILES string of the molecule is NC[C@H]1CN(C(=O)c2ccc(I)cc2)CCO1. The minimum absolute atomic E-state index is 0.0310. The fourth-order valence-electron chi connectivity index (χ4n) is 1.82. The molecule has 2 rings (SSSR count). The molecule has 0 bridgehead atoms. The van der Waals surface area contributed by atoms with Gasteiger partial charge in [-0.25, -0.2) is 0 Å². The Balaban J connectivity index is 2.06. The van der Waals surface area contributed by atoms with Crippen LogP contribution in [0.5, 0.6) is 0 Å². The minimum Gasteiger partial charge on any atom is -0.373 e. The van der Waals surface area contributed by atoms with E-state index < -0.39 is 0 Å². The smallest absolute Gasteiger partial charge is 0.254 e. The summed E-state index contributed by atoms with van der Waals surface area (Å²) in [7, 11) is 0. The lowest BCUT2D eigenvalue weighted by atomic mass is 10.1. The van der Waals surface area contributed by atoms with Crippen molar-refractivity contribution in [2.75, 3.05) is 26.2 Å². The summed E-state index contributed by atoms with van der Waals surface area (Å²) in [6, 6.07) is 7.59. The second-order valence-electron chi connectivity index (χ2n) is 3.99. The van der Waals surface area contributed by atoms with Crippen LogP contribution in [0.1, 0.15) is 10.4 Å². The van der Waals surface area contributed by atoms with Crippen LogP contribution in [0.25, 0.3) is 0 Å². The molecule has 17 heavy (non-hydrogen) atoms. The maximum Gasteiger partial charge on any atom is 0.254 e. The highest BCUT2D eigenvalue weighted by Crippen LogP contribution is 2.12. The highest BCUT2D eigenvalue weighted by molar-refractivity contribution is 14.1. The Kier molecular flexibility index (Phi) is 4.36. The van der Waals surface area contributed by atoms with E-state index in [9.17, 15) is 4.79 Å². The highest BCUT2D eigenvalue weighted by atomic mass is 127. The Morgan fingerprint density at radius 1 is 1.47 bits per heavy atom. The largest absolute Gasteiger partial charge is 0.373 e. The lowest BCUT2D eigenvalue weighted by molar-refractivity contribution is -0.0167. The monoisotopic (exact) mass is 346 g/mol. The first kappa shape index (κ1) is 12.8. The Morgan fingerprint density at radius 3 is 2.82 bits per heavy atom. The fourth-order valence-corrected chi connectivity index (χ4v) is 2.18. The van der Waals surface area contributed by atoms with Crippen molar-refractivity contribution >= 4 is 28.5 Å². The predicted molar refractivity (Wildman–Crippen MR) is 73.9 cm³/mol. The van der Waals surface area contributed by atoms with Crippen LogP contribution in [0, 0.1) is 3.57 Å². The highest BCUT2D eigenvalue weighted by Gasteiger charge is 2.23. The normalized spacial score (nSPS) is 20.4. The zero-order chi connectivity index (χ0) is 12.3. The van der Waals surface area contributed by atoms with Gasteiger partial charge in [0.15, 0.2) is 0 Å². The van der Waals surface area contributed by atoms with E-state index in [0.29, 0.717) is 26.2 Å². The maximum atomic E-state index is 12.2. The van der Waals surface area contributed by atoms with Gasteiger partial charge >= 0.3 is 0 Å². The summed E-state index contributed by atoms with van der Waals surface area (Å²) in [4.78, 5) is 14.0. The molecule has 5 heteroatoms. The lowest BCUT2D eigenvalue weighted by Crippen LogP contribution is -2.48. The summed E-state index contributed by atoms with van der Waals surface area (Å²) in [5, 5.41) is 0. The molecule has 1 aromatic carbocycles. The van der Waals surface area contributed by atoms with E-state index in [2.05, 4.69) is 22.6 Å². The zero-order valence-electron chi connectivity index (χ0n) is 9.43. The standard InChI is InChI=1S/C12H15IN2O2/c13-10-3-1-9(2-4-10)12(16)15-5-6-17-11(7-14)8-15/h1-4,11H,5-8,14H2/t11-/m0/s1. The first-order chi connectivity index (χ1) is 8.20. The molecule has 2 N–H and O–H groups in total. The summed E-state index contributed by atoms with van der Waals surface area (Å²) >= 11 is 2.22. The van der Waals surface area contributed by atoms with Gasteiger partial charge in [0.2, 0.25) is 0 Å². The Labute approximate surface area is 114 Å². The fraction of sp³-hybridized carbons (Fsp3) is 0.417. The number of carbonyl (C=O) groups is 1. The molecule has 1 saturated heterocycles. The average Bonchev–Trinajstić information content (AvgIpc) is 2.39. The van der Waals surface area contributed by atoms with Gasteiger partial charge in [-0.15, -0.1) is 0 Å². The number of ether oxygens (including phenoxy) is 1. The van der Waals surface area contributed by atoms with E-state index >= 15 is 0 Å². The second kappa shape index (κ2) is 5.79. The number of rotatable bonds is 2. The molecular formula is C12H15IN2O2. The van der Waals surface area contributed by atoms with E-state index in [1.165, 1.54) is 0 Å². The minimum atomic E-state index is -0.0310. The van der Waals surface area contributed by atoms with Crippen LogP contribution >= 0.6 is 22.6 Å². The van der Waals surface area contributed by atoms with Gasteiger partial charge in [-0.2, -0.15) is 0 Å². The Bertz CT molecular complexity index is 394. The van der Waals surface area contributed by atoms with Gasteiger partial charge in [-0.3, -0.25) is 4.79 Å². The number of nitrogens with two attached hydrogens (primary N) is 1. The van der Waals surface area contributed by atoms with Gasteiger partial charge in [-0.1, -0.05) is 0 Å². The van der Waals surface area contributed by atoms with E-state index in [-0.39, 0.29) is 12.0 Å². The van der Waals surface area contributed by atoms with Gasteiger partial charge in [0.1, 0.15) is 0 Å². The molecule has 1 aliphatic heterocycles. The van der Waals surface area contributed by atoms with Crippen LogP contribution in [0.3, 0.4) is 0 Å². The third kappa shape index (κ3) is 3.17. The number of halogens is 1. The summed E-state index contributed by atoms with van der Waals surface area (Å²) in [6.45, 7) is 2.25. The molecule has 0 saturated carbocycles. The molecule has 1 fully saturated rings. The van der Waals surface area contributed by atoms with Crippen LogP contribution < -0.4 is 5.73 Å². The summed E-state index contributed by atoms with van der Waals surface area (Å²) in [5.74, 6) is 0.0585. The van der Waals surface area contributed by atoms with Gasteiger partial charge in [0.05, 0.1) is 12.7 Å². The van der Waals surface area contributed by atoms with Crippen molar-refractivity contribution in [3.63, 3.8) is 0 Å². The quantitative estimate of drug-likeness (QED) is 0.816. The van der Waals surface area contributed by atoms with Gasteiger partial charge < -0.3 is 15.4 Å². The van der Waals surface area contributed by atoms with Crippen LogP contribution in [-0.4, -0.2) is 43.2 Å². The second-order valence-corrected chi connectivity index (χ2v) is 5.23. The van der Waals surface area contributed by atoms with Crippen molar-refractivity contribution < 1.29 is 9.53 Å². The third-order valence-corrected chi connectivity index (χ3v) is 3.50. The molecule has 0 aromatic heterocycles. The zero-order valence-corrected chi connectivity index (χ0v) is 11.6. The Morgan fingerprint density at radius 2 is 2.18 bits per heavy atom. The van der Waals surface area contributed by atoms with Crippen molar-refractivity contribution in [2.24, 2.45) is 5.73 Å². The number of nitrogens with zero attached hydrogens (tertiary/aromatic N) is 1. The molecule has 92 valence electrons. The molecular weight excluding hydrogens is 331 g/mol. The third-order valence-electron chi connectivity index (χ3n) is 2.78. The van der Waals surface area contributed by atoms with Crippen molar-refractivity contribution in [1.29, 1.82) is 0 Å². The molecule has 1 aromatic rings. The molecule has 0 radical (unpaired) electrons. The van der Waals surface area contributed by atoms with Crippen LogP contribution in [0.4, 0.5) is 0 Å². The number of amides is 1. The predicted octanol–water partition coefficient (Wildman–Crippen LogP) is 1.09. The number of hydrogen-bond acceptors (Lipinski definition) is 3. The Hall–Kier alpha value is -0.660. The lowest BCUT2D eigenvalue weighted by Gasteiger charge is -2.32. The molecule has 1 atom stereocenters. The topological polar surface area (TPSA) is 55.6 Å². The number of morpholine rings is 1. The summed E-state index contributed by atoms with van der Waals surface area (Å²) in [5.41, 5.74) is 6.29. The van der Waals surface area contributed by atoms with Crippen LogP contribution in [0.2, 0.25) is 0 Å². The molecule has 0 unspecified atom stereocenters. The number of hydrogen-bond donors (Lipinski definition) is 1. The first-order valence-electron chi connectivity index (χ1n) is 5.57. The van der Waals surface area contributed by atoms with Crippen molar-refractivity contribution in [3.8, 4) is 0 Å². The average molecular weight is 346 g/mol.